The van der Waals surface area contributed by atoms with Crippen LogP contribution in [0.5, 0.6) is 0 Å². The highest BCUT2D eigenvalue weighted by Crippen LogP contribution is 2.19. The monoisotopic (exact) mass is 328 g/mol. The Morgan fingerprint density at radius 3 is 1.96 bits per heavy atom. The van der Waals surface area contributed by atoms with E-state index in [-0.39, 0.29) is 5.91 Å². The van der Waals surface area contributed by atoms with E-state index >= 15 is 0 Å². The molecule has 0 saturated heterocycles. The summed E-state index contributed by atoms with van der Waals surface area (Å²) in [5.41, 5.74) is 8.40. The number of carbonyl (C=O) groups excluding carboxylic acids is 1. The largest absolute Gasteiger partial charge is 0.271 e. The van der Waals surface area contributed by atoms with Gasteiger partial charge in [-0.2, -0.15) is 5.10 Å². The molecule has 0 heterocycles. The van der Waals surface area contributed by atoms with E-state index in [9.17, 15) is 4.79 Å². The van der Waals surface area contributed by atoms with Gasteiger partial charge in [-0.3, -0.25) is 4.79 Å². The summed E-state index contributed by atoms with van der Waals surface area (Å²) in [7, 11) is 0. The van der Waals surface area contributed by atoms with Crippen LogP contribution in [0.4, 0.5) is 0 Å². The smallest absolute Gasteiger partial charge is 0.267 e. The zero-order valence-corrected chi connectivity index (χ0v) is 14.4. The third kappa shape index (κ3) is 4.21. The Labute approximate surface area is 148 Å². The number of hydrogen-bond acceptors (Lipinski definition) is 2. The number of benzene rings is 3. The van der Waals surface area contributed by atoms with Gasteiger partial charge in [-0.1, -0.05) is 72.3 Å². The minimum atomic E-state index is -0.208. The Kier molecular flexibility index (Phi) is 5.05. The van der Waals surface area contributed by atoms with Gasteiger partial charge in [0, 0.05) is 5.56 Å². The van der Waals surface area contributed by atoms with Crippen LogP contribution in [0, 0.1) is 6.92 Å². The number of nitrogens with zero attached hydrogens (tertiary/aromatic N) is 1. The average Bonchev–Trinajstić information content (AvgIpc) is 2.67. The van der Waals surface area contributed by atoms with Crippen molar-refractivity contribution in [3.63, 3.8) is 0 Å². The molecule has 0 fully saturated rings. The maximum atomic E-state index is 12.1. The molecule has 3 nitrogen and oxygen atoms in total. The van der Waals surface area contributed by atoms with Gasteiger partial charge in [-0.05, 0) is 42.7 Å². The van der Waals surface area contributed by atoms with Gasteiger partial charge >= 0.3 is 0 Å². The number of hydrazone groups is 1. The predicted molar refractivity (Wildman–Crippen MR) is 103 cm³/mol. The van der Waals surface area contributed by atoms with E-state index in [0.29, 0.717) is 5.56 Å². The standard InChI is InChI=1S/C22H20N2O/c1-16-8-10-21(11-9-16)22(25)24-23-17(2)18-12-14-20(15-13-18)19-6-4-3-5-7-19/h3-15H,1-2H3,(H,24,25)/b23-17-. The second-order valence-corrected chi connectivity index (χ2v) is 5.95. The van der Waals surface area contributed by atoms with Crippen molar-refractivity contribution in [1.29, 1.82) is 0 Å². The number of nitrogens with one attached hydrogen (secondary N) is 1. The van der Waals surface area contributed by atoms with Gasteiger partial charge in [-0.25, -0.2) is 5.43 Å². The molecule has 3 aromatic carbocycles. The molecule has 1 amide bonds. The van der Waals surface area contributed by atoms with Gasteiger partial charge in [0.1, 0.15) is 0 Å². The first-order valence-electron chi connectivity index (χ1n) is 8.20. The molecule has 0 unspecified atom stereocenters. The summed E-state index contributed by atoms with van der Waals surface area (Å²) < 4.78 is 0. The van der Waals surface area contributed by atoms with Crippen molar-refractivity contribution in [2.75, 3.05) is 0 Å². The number of carbonyl (C=O) groups is 1. The van der Waals surface area contributed by atoms with Crippen LogP contribution < -0.4 is 5.43 Å². The zero-order chi connectivity index (χ0) is 17.6. The molecule has 1 N–H and O–H groups in total. The maximum absolute atomic E-state index is 12.1. The summed E-state index contributed by atoms with van der Waals surface area (Å²) in [5, 5.41) is 4.21. The molecular weight excluding hydrogens is 308 g/mol. The first-order chi connectivity index (χ1) is 12.1. The molecule has 0 aliphatic carbocycles. The van der Waals surface area contributed by atoms with Crippen molar-refractivity contribution in [2.45, 2.75) is 13.8 Å². The minimum absolute atomic E-state index is 0.208. The first kappa shape index (κ1) is 16.7. The Bertz CT molecular complexity index is 880. The van der Waals surface area contributed by atoms with E-state index in [0.717, 1.165) is 22.4 Å². The third-order valence-electron chi connectivity index (χ3n) is 4.05. The van der Waals surface area contributed by atoms with Crippen LogP contribution in [0.1, 0.15) is 28.4 Å². The predicted octanol–water partition coefficient (Wildman–Crippen LogP) is 4.82. The highest BCUT2D eigenvalue weighted by Gasteiger charge is 2.05. The second-order valence-electron chi connectivity index (χ2n) is 5.95. The SMILES string of the molecule is C/C(=N/NC(=O)c1ccc(C)cc1)c1ccc(-c2ccccc2)cc1. The highest BCUT2D eigenvalue weighted by molar-refractivity contribution is 6.01. The molecule has 124 valence electrons. The van der Waals surface area contributed by atoms with Crippen molar-refractivity contribution in [3.8, 4) is 11.1 Å². The van der Waals surface area contributed by atoms with Crippen LogP contribution in [0.3, 0.4) is 0 Å². The van der Waals surface area contributed by atoms with Crippen LogP contribution in [-0.4, -0.2) is 11.6 Å². The Morgan fingerprint density at radius 2 is 1.32 bits per heavy atom. The lowest BCUT2D eigenvalue weighted by molar-refractivity contribution is 0.0955. The van der Waals surface area contributed by atoms with Gasteiger partial charge in [-0.15, -0.1) is 0 Å². The van der Waals surface area contributed by atoms with Crippen molar-refractivity contribution >= 4 is 11.6 Å². The molecule has 0 radical (unpaired) electrons. The molecule has 3 aromatic rings. The topological polar surface area (TPSA) is 41.5 Å². The van der Waals surface area contributed by atoms with Crippen molar-refractivity contribution in [2.24, 2.45) is 5.10 Å². The van der Waals surface area contributed by atoms with Crippen molar-refractivity contribution < 1.29 is 4.79 Å². The third-order valence-corrected chi connectivity index (χ3v) is 4.05. The highest BCUT2D eigenvalue weighted by atomic mass is 16.2. The molecule has 0 spiro atoms. The Morgan fingerprint density at radius 1 is 0.760 bits per heavy atom. The van der Waals surface area contributed by atoms with Crippen LogP contribution in [-0.2, 0) is 0 Å². The Hall–Kier alpha value is -3.20. The zero-order valence-electron chi connectivity index (χ0n) is 14.4. The lowest BCUT2D eigenvalue weighted by atomic mass is 10.0. The fourth-order valence-electron chi connectivity index (χ4n) is 2.50. The van der Waals surface area contributed by atoms with E-state index < -0.39 is 0 Å². The lowest BCUT2D eigenvalue weighted by Crippen LogP contribution is -2.19. The molecule has 25 heavy (non-hydrogen) atoms. The molecule has 0 bridgehead atoms. The molecule has 0 atom stereocenters. The van der Waals surface area contributed by atoms with Crippen LogP contribution in [0.15, 0.2) is 84.0 Å². The molecular formula is C22H20N2O. The van der Waals surface area contributed by atoms with E-state index in [1.165, 1.54) is 5.56 Å². The molecule has 0 aliphatic heterocycles. The van der Waals surface area contributed by atoms with Gasteiger partial charge in [0.15, 0.2) is 0 Å². The second kappa shape index (κ2) is 7.58. The number of hydrogen-bond donors (Lipinski definition) is 1. The Balaban J connectivity index is 1.70. The minimum Gasteiger partial charge on any atom is -0.267 e. The lowest BCUT2D eigenvalue weighted by Gasteiger charge is -2.05. The summed E-state index contributed by atoms with van der Waals surface area (Å²) >= 11 is 0. The van der Waals surface area contributed by atoms with Crippen LogP contribution in [0.25, 0.3) is 11.1 Å². The van der Waals surface area contributed by atoms with E-state index in [1.807, 2.05) is 56.3 Å². The molecule has 3 rings (SSSR count). The maximum Gasteiger partial charge on any atom is 0.271 e. The number of aryl methyl sites for hydroxylation is 1. The molecule has 0 aliphatic rings. The quantitative estimate of drug-likeness (QED) is 0.541. The first-order valence-corrected chi connectivity index (χ1v) is 8.20. The van der Waals surface area contributed by atoms with Gasteiger partial charge in [0.25, 0.3) is 5.91 Å². The van der Waals surface area contributed by atoms with Crippen molar-refractivity contribution in [3.05, 3.63) is 95.6 Å². The summed E-state index contributed by atoms with van der Waals surface area (Å²) in [6.45, 7) is 3.87. The fourth-order valence-corrected chi connectivity index (χ4v) is 2.50. The summed E-state index contributed by atoms with van der Waals surface area (Å²) in [6, 6.07) is 25.8. The fraction of sp³-hybridized carbons (Fsp3) is 0.0909. The van der Waals surface area contributed by atoms with Gasteiger partial charge in [0.2, 0.25) is 0 Å². The summed E-state index contributed by atoms with van der Waals surface area (Å²) in [4.78, 5) is 12.1. The van der Waals surface area contributed by atoms with Crippen LogP contribution in [0.2, 0.25) is 0 Å². The molecule has 3 heteroatoms. The van der Waals surface area contributed by atoms with E-state index in [2.05, 4.69) is 34.8 Å². The normalized spacial score (nSPS) is 11.2. The van der Waals surface area contributed by atoms with Crippen molar-refractivity contribution in [1.82, 2.24) is 5.43 Å². The average molecular weight is 328 g/mol. The van der Waals surface area contributed by atoms with Gasteiger partial charge in [0.05, 0.1) is 5.71 Å². The summed E-state index contributed by atoms with van der Waals surface area (Å²) in [6.07, 6.45) is 0. The number of rotatable bonds is 4. The number of amides is 1. The molecule has 0 aromatic heterocycles. The van der Waals surface area contributed by atoms with Gasteiger partial charge < -0.3 is 0 Å². The molecule has 0 saturated carbocycles. The summed E-state index contributed by atoms with van der Waals surface area (Å²) in [5.74, 6) is -0.208. The van der Waals surface area contributed by atoms with E-state index in [4.69, 9.17) is 0 Å². The van der Waals surface area contributed by atoms with Crippen LogP contribution >= 0.6 is 0 Å². The van der Waals surface area contributed by atoms with E-state index in [1.54, 1.807) is 12.1 Å².